The molecule has 0 saturated heterocycles. The second-order valence-electron chi connectivity index (χ2n) is 3.91. The van der Waals surface area contributed by atoms with Crippen LogP contribution in [0.5, 0.6) is 0 Å². The minimum atomic E-state index is -0.422. The van der Waals surface area contributed by atoms with Gasteiger partial charge in [-0.25, -0.2) is 0 Å². The summed E-state index contributed by atoms with van der Waals surface area (Å²) in [5, 5.41) is 0. The van der Waals surface area contributed by atoms with Crippen LogP contribution >= 0.6 is 0 Å². The first kappa shape index (κ1) is 12.0. The largest absolute Gasteiger partial charge is 0.366 e. The second-order valence-corrected chi connectivity index (χ2v) is 3.91. The molecular weight excluding hydrogens is 224 g/mol. The summed E-state index contributed by atoms with van der Waals surface area (Å²) < 4.78 is 0. The normalized spacial score (nSPS) is 10.7. The molecule has 0 atom stereocenters. The highest BCUT2D eigenvalue weighted by Crippen LogP contribution is 2.23. The zero-order chi connectivity index (χ0) is 12.8. The summed E-state index contributed by atoms with van der Waals surface area (Å²) in [7, 11) is 0. The van der Waals surface area contributed by atoms with Crippen molar-refractivity contribution in [1.82, 2.24) is 4.98 Å². The van der Waals surface area contributed by atoms with E-state index in [1.54, 1.807) is 12.3 Å². The quantitative estimate of drug-likeness (QED) is 0.831. The Morgan fingerprint density at radius 2 is 2.06 bits per heavy atom. The second kappa shape index (κ2) is 5.77. The lowest BCUT2D eigenvalue weighted by Gasteiger charge is -2.07. The van der Waals surface area contributed by atoms with Gasteiger partial charge in [-0.05, 0) is 29.7 Å². The smallest absolute Gasteiger partial charge is 0.241 e. The van der Waals surface area contributed by atoms with E-state index in [-0.39, 0.29) is 0 Å². The summed E-state index contributed by atoms with van der Waals surface area (Å²) in [5.41, 5.74) is 8.41. The standard InChI is InChI=1S/C15H14N2O/c16-15(18)9-3-6-12-5-1-2-8-14(12)13-7-4-10-17-11-13/h1-5,7-11H,6H2,(H2,16,18)/b9-3+. The Kier molecular flexibility index (Phi) is 3.86. The Bertz CT molecular complexity index is 562. The fourth-order valence-corrected chi connectivity index (χ4v) is 1.80. The molecule has 0 unspecified atom stereocenters. The van der Waals surface area contributed by atoms with E-state index in [1.165, 1.54) is 6.08 Å². The van der Waals surface area contributed by atoms with Crippen LogP contribution in [0.25, 0.3) is 11.1 Å². The third-order valence-corrected chi connectivity index (χ3v) is 2.61. The highest BCUT2D eigenvalue weighted by molar-refractivity contribution is 5.85. The third-order valence-electron chi connectivity index (χ3n) is 2.61. The first-order valence-corrected chi connectivity index (χ1v) is 5.71. The number of amides is 1. The molecule has 3 heteroatoms. The molecule has 18 heavy (non-hydrogen) atoms. The van der Waals surface area contributed by atoms with Gasteiger partial charge in [0.05, 0.1) is 0 Å². The zero-order valence-corrected chi connectivity index (χ0v) is 9.91. The van der Waals surface area contributed by atoms with Crippen LogP contribution in [0, 0.1) is 0 Å². The molecule has 0 radical (unpaired) electrons. The number of primary amides is 1. The molecule has 0 spiro atoms. The van der Waals surface area contributed by atoms with Crippen LogP contribution in [-0.2, 0) is 11.2 Å². The topological polar surface area (TPSA) is 56.0 Å². The van der Waals surface area contributed by atoms with E-state index >= 15 is 0 Å². The van der Waals surface area contributed by atoms with Gasteiger partial charge in [0, 0.05) is 18.0 Å². The highest BCUT2D eigenvalue weighted by atomic mass is 16.1. The first-order chi connectivity index (χ1) is 8.77. The average Bonchev–Trinajstić information content (AvgIpc) is 2.40. The number of hydrogen-bond acceptors (Lipinski definition) is 2. The maximum Gasteiger partial charge on any atom is 0.241 e. The van der Waals surface area contributed by atoms with Gasteiger partial charge in [0.1, 0.15) is 0 Å². The number of carbonyl (C=O) groups is 1. The highest BCUT2D eigenvalue weighted by Gasteiger charge is 2.02. The van der Waals surface area contributed by atoms with E-state index < -0.39 is 5.91 Å². The minimum absolute atomic E-state index is 0.422. The predicted octanol–water partition coefficient (Wildman–Crippen LogP) is 2.33. The molecule has 0 saturated carbocycles. The minimum Gasteiger partial charge on any atom is -0.366 e. The van der Waals surface area contributed by atoms with Crippen molar-refractivity contribution in [3.63, 3.8) is 0 Å². The van der Waals surface area contributed by atoms with Crippen LogP contribution in [0.15, 0.2) is 60.9 Å². The Labute approximate surface area is 106 Å². The molecule has 1 aromatic heterocycles. The molecule has 0 aliphatic carbocycles. The van der Waals surface area contributed by atoms with Gasteiger partial charge in [-0.2, -0.15) is 0 Å². The number of pyridine rings is 1. The number of nitrogens with zero attached hydrogens (tertiary/aromatic N) is 1. The van der Waals surface area contributed by atoms with Crippen molar-refractivity contribution in [2.45, 2.75) is 6.42 Å². The van der Waals surface area contributed by atoms with E-state index in [2.05, 4.69) is 4.98 Å². The van der Waals surface area contributed by atoms with Gasteiger partial charge in [0.2, 0.25) is 5.91 Å². The summed E-state index contributed by atoms with van der Waals surface area (Å²) in [6.07, 6.45) is 7.42. The fourth-order valence-electron chi connectivity index (χ4n) is 1.80. The summed E-state index contributed by atoms with van der Waals surface area (Å²) >= 11 is 0. The number of carbonyl (C=O) groups excluding carboxylic acids is 1. The monoisotopic (exact) mass is 238 g/mol. The molecule has 3 nitrogen and oxygen atoms in total. The van der Waals surface area contributed by atoms with Gasteiger partial charge in [-0.1, -0.05) is 36.4 Å². The molecule has 0 aliphatic rings. The molecule has 1 heterocycles. The molecule has 1 amide bonds. The number of nitrogens with two attached hydrogens (primary N) is 1. The van der Waals surface area contributed by atoms with Crippen molar-refractivity contribution >= 4 is 5.91 Å². The van der Waals surface area contributed by atoms with Crippen LogP contribution in [-0.4, -0.2) is 10.9 Å². The van der Waals surface area contributed by atoms with E-state index in [0.29, 0.717) is 6.42 Å². The van der Waals surface area contributed by atoms with Gasteiger partial charge in [0.25, 0.3) is 0 Å². The van der Waals surface area contributed by atoms with Crippen LogP contribution in [0.4, 0.5) is 0 Å². The van der Waals surface area contributed by atoms with Crippen molar-refractivity contribution in [1.29, 1.82) is 0 Å². The number of aromatic nitrogens is 1. The number of allylic oxidation sites excluding steroid dienone is 1. The van der Waals surface area contributed by atoms with E-state index in [4.69, 9.17) is 5.73 Å². The maximum absolute atomic E-state index is 10.7. The Hall–Kier alpha value is -2.42. The molecule has 1 aromatic carbocycles. The molecule has 2 aromatic rings. The molecule has 0 fully saturated rings. The van der Waals surface area contributed by atoms with Gasteiger partial charge >= 0.3 is 0 Å². The van der Waals surface area contributed by atoms with E-state index in [9.17, 15) is 4.79 Å². The number of benzene rings is 1. The number of hydrogen-bond donors (Lipinski definition) is 1. The molecule has 0 bridgehead atoms. The molecular formula is C15H14N2O. The van der Waals surface area contributed by atoms with Crippen molar-refractivity contribution in [2.24, 2.45) is 5.73 Å². The first-order valence-electron chi connectivity index (χ1n) is 5.71. The lowest BCUT2D eigenvalue weighted by atomic mass is 9.99. The molecule has 2 N–H and O–H groups in total. The van der Waals surface area contributed by atoms with E-state index in [0.717, 1.165) is 16.7 Å². The van der Waals surface area contributed by atoms with Crippen molar-refractivity contribution in [2.75, 3.05) is 0 Å². The third kappa shape index (κ3) is 3.04. The van der Waals surface area contributed by atoms with Crippen LogP contribution in [0.1, 0.15) is 5.56 Å². The Balaban J connectivity index is 2.29. The molecule has 0 aliphatic heterocycles. The Morgan fingerprint density at radius 3 is 2.78 bits per heavy atom. The Morgan fingerprint density at radius 1 is 1.22 bits per heavy atom. The SMILES string of the molecule is NC(=O)/C=C/Cc1ccccc1-c1cccnc1. The average molecular weight is 238 g/mol. The van der Waals surface area contributed by atoms with Crippen LogP contribution in [0.2, 0.25) is 0 Å². The summed E-state index contributed by atoms with van der Waals surface area (Å²) in [6, 6.07) is 12.0. The predicted molar refractivity (Wildman–Crippen MR) is 71.7 cm³/mol. The fraction of sp³-hybridized carbons (Fsp3) is 0.0667. The van der Waals surface area contributed by atoms with Crippen LogP contribution < -0.4 is 5.73 Å². The molecule has 2 rings (SSSR count). The van der Waals surface area contributed by atoms with Crippen LogP contribution in [0.3, 0.4) is 0 Å². The maximum atomic E-state index is 10.7. The summed E-state index contributed by atoms with van der Waals surface area (Å²) in [4.78, 5) is 14.8. The number of rotatable bonds is 4. The zero-order valence-electron chi connectivity index (χ0n) is 9.91. The lowest BCUT2D eigenvalue weighted by molar-refractivity contribution is -0.113. The van der Waals surface area contributed by atoms with Gasteiger partial charge < -0.3 is 5.73 Å². The lowest BCUT2D eigenvalue weighted by Crippen LogP contribution is -2.05. The van der Waals surface area contributed by atoms with Gasteiger partial charge in [-0.3, -0.25) is 9.78 Å². The van der Waals surface area contributed by atoms with Crippen molar-refractivity contribution in [3.8, 4) is 11.1 Å². The molecule has 90 valence electrons. The van der Waals surface area contributed by atoms with Gasteiger partial charge in [-0.15, -0.1) is 0 Å². The van der Waals surface area contributed by atoms with E-state index in [1.807, 2.05) is 42.6 Å². The van der Waals surface area contributed by atoms with Crippen molar-refractivity contribution < 1.29 is 4.79 Å². The summed E-state index contributed by atoms with van der Waals surface area (Å²) in [6.45, 7) is 0. The van der Waals surface area contributed by atoms with Crippen molar-refractivity contribution in [3.05, 3.63) is 66.5 Å². The summed E-state index contributed by atoms with van der Waals surface area (Å²) in [5.74, 6) is -0.422. The van der Waals surface area contributed by atoms with Gasteiger partial charge in [0.15, 0.2) is 0 Å².